The summed E-state index contributed by atoms with van der Waals surface area (Å²) in [5.41, 5.74) is 1.85. The first-order chi connectivity index (χ1) is 14.1. The quantitative estimate of drug-likeness (QED) is 0.545. The van der Waals surface area contributed by atoms with Crippen molar-refractivity contribution in [2.45, 2.75) is 39.2 Å². The van der Waals surface area contributed by atoms with Crippen LogP contribution in [0.15, 0.2) is 54.6 Å². The van der Waals surface area contributed by atoms with Crippen LogP contribution in [0.1, 0.15) is 55.1 Å². The zero-order chi connectivity index (χ0) is 21.1. The number of nitrogens with one attached hydrogen (secondary N) is 1. The van der Waals surface area contributed by atoms with Crippen molar-refractivity contribution >= 4 is 11.7 Å². The molecule has 1 N–H and O–H groups in total. The number of methoxy groups -OCH3 is 1. The van der Waals surface area contributed by atoms with Crippen LogP contribution >= 0.6 is 0 Å². The molecule has 2 rings (SSSR count). The summed E-state index contributed by atoms with van der Waals surface area (Å²) in [7, 11) is 1.60. The molecule has 1 unspecified atom stereocenters. The van der Waals surface area contributed by atoms with E-state index in [1.54, 1.807) is 31.4 Å². The smallest absolute Gasteiger partial charge is 0.220 e. The van der Waals surface area contributed by atoms with E-state index in [1.165, 1.54) is 5.56 Å². The van der Waals surface area contributed by atoms with Crippen LogP contribution in [0.25, 0.3) is 0 Å². The third-order valence-corrected chi connectivity index (χ3v) is 5.15. The number of ether oxygens (including phenoxy) is 1. The number of carbonyl (C=O) groups is 2. The van der Waals surface area contributed by atoms with Crippen molar-refractivity contribution in [2.75, 3.05) is 26.7 Å². The monoisotopic (exact) mass is 396 g/mol. The molecule has 0 spiro atoms. The molecule has 0 aromatic heterocycles. The first-order valence-corrected chi connectivity index (χ1v) is 10.3. The molecule has 0 fully saturated rings. The van der Waals surface area contributed by atoms with E-state index in [-0.39, 0.29) is 17.7 Å². The van der Waals surface area contributed by atoms with Crippen molar-refractivity contribution in [1.29, 1.82) is 0 Å². The number of rotatable bonds is 12. The number of hydrogen-bond acceptors (Lipinski definition) is 4. The summed E-state index contributed by atoms with van der Waals surface area (Å²) >= 11 is 0. The Morgan fingerprint density at radius 1 is 0.966 bits per heavy atom. The Labute approximate surface area is 174 Å². The summed E-state index contributed by atoms with van der Waals surface area (Å²) in [6.45, 7) is 6.67. The Kier molecular flexibility index (Phi) is 9.38. The normalized spacial score (nSPS) is 11.9. The van der Waals surface area contributed by atoms with Crippen LogP contribution in [-0.2, 0) is 4.79 Å². The maximum Gasteiger partial charge on any atom is 0.220 e. The summed E-state index contributed by atoms with van der Waals surface area (Å²) < 4.78 is 5.10. The van der Waals surface area contributed by atoms with Gasteiger partial charge >= 0.3 is 0 Å². The van der Waals surface area contributed by atoms with Crippen LogP contribution in [0.2, 0.25) is 0 Å². The second-order valence-corrected chi connectivity index (χ2v) is 6.96. The molecule has 156 valence electrons. The molecular weight excluding hydrogens is 364 g/mol. The molecule has 1 atom stereocenters. The predicted octanol–water partition coefficient (Wildman–Crippen LogP) is 4.25. The zero-order valence-electron chi connectivity index (χ0n) is 17.7. The van der Waals surface area contributed by atoms with Gasteiger partial charge < -0.3 is 10.1 Å². The lowest BCUT2D eigenvalue weighted by atomic mass is 10.0. The van der Waals surface area contributed by atoms with Gasteiger partial charge in [-0.3, -0.25) is 14.5 Å². The van der Waals surface area contributed by atoms with Crippen LogP contribution in [0, 0.1) is 0 Å². The molecule has 1 amide bonds. The summed E-state index contributed by atoms with van der Waals surface area (Å²) in [6, 6.07) is 17.5. The topological polar surface area (TPSA) is 58.6 Å². The Morgan fingerprint density at radius 3 is 2.21 bits per heavy atom. The number of amides is 1. The van der Waals surface area contributed by atoms with Gasteiger partial charge in [-0.1, -0.05) is 44.2 Å². The van der Waals surface area contributed by atoms with Crippen LogP contribution in [0.4, 0.5) is 0 Å². The van der Waals surface area contributed by atoms with Gasteiger partial charge in [0, 0.05) is 24.9 Å². The lowest BCUT2D eigenvalue weighted by molar-refractivity contribution is -0.121. The van der Waals surface area contributed by atoms with Gasteiger partial charge in [-0.05, 0) is 49.3 Å². The molecule has 0 bridgehead atoms. The summed E-state index contributed by atoms with van der Waals surface area (Å²) in [5, 5.41) is 3.05. The fourth-order valence-corrected chi connectivity index (χ4v) is 3.43. The SMILES string of the molecule is CCN(CC)C(CNC(=O)CCCC(=O)c1ccc(OC)cc1)c1ccccc1. The maximum atomic E-state index is 12.3. The number of likely N-dealkylation sites (N-methyl/N-ethyl adjacent to an activating group) is 1. The van der Waals surface area contributed by atoms with E-state index in [1.807, 2.05) is 18.2 Å². The molecule has 5 heteroatoms. The predicted molar refractivity (Wildman–Crippen MR) is 116 cm³/mol. The highest BCUT2D eigenvalue weighted by Crippen LogP contribution is 2.19. The van der Waals surface area contributed by atoms with Gasteiger partial charge in [-0.25, -0.2) is 0 Å². The minimum Gasteiger partial charge on any atom is -0.497 e. The maximum absolute atomic E-state index is 12.3. The number of hydrogen-bond donors (Lipinski definition) is 1. The summed E-state index contributed by atoms with van der Waals surface area (Å²) in [6.07, 6.45) is 1.25. The minimum atomic E-state index is -0.0133. The van der Waals surface area contributed by atoms with Gasteiger partial charge in [0.05, 0.1) is 13.2 Å². The van der Waals surface area contributed by atoms with Gasteiger partial charge in [-0.15, -0.1) is 0 Å². The van der Waals surface area contributed by atoms with E-state index >= 15 is 0 Å². The second kappa shape index (κ2) is 12.0. The molecule has 0 radical (unpaired) electrons. The van der Waals surface area contributed by atoms with E-state index in [4.69, 9.17) is 4.74 Å². The molecule has 0 aliphatic carbocycles. The van der Waals surface area contributed by atoms with E-state index in [9.17, 15) is 9.59 Å². The Bertz CT molecular complexity index is 755. The van der Waals surface area contributed by atoms with Crippen LogP contribution in [0.3, 0.4) is 0 Å². The van der Waals surface area contributed by atoms with E-state index in [2.05, 4.69) is 36.2 Å². The van der Waals surface area contributed by atoms with E-state index in [0.29, 0.717) is 31.4 Å². The highest BCUT2D eigenvalue weighted by Gasteiger charge is 2.18. The number of nitrogens with zero attached hydrogens (tertiary/aromatic N) is 1. The van der Waals surface area contributed by atoms with Crippen molar-refractivity contribution in [3.8, 4) is 5.75 Å². The lowest BCUT2D eigenvalue weighted by Crippen LogP contribution is -2.38. The minimum absolute atomic E-state index is 0.0133. The van der Waals surface area contributed by atoms with Gasteiger partial charge in [0.15, 0.2) is 5.78 Å². The molecule has 29 heavy (non-hydrogen) atoms. The largest absolute Gasteiger partial charge is 0.497 e. The van der Waals surface area contributed by atoms with Crippen molar-refractivity contribution < 1.29 is 14.3 Å². The molecule has 0 aliphatic rings. The molecule has 0 aliphatic heterocycles. The number of ketones is 1. The first-order valence-electron chi connectivity index (χ1n) is 10.3. The van der Waals surface area contributed by atoms with Crippen molar-refractivity contribution in [3.05, 3.63) is 65.7 Å². The van der Waals surface area contributed by atoms with Crippen LogP contribution < -0.4 is 10.1 Å². The highest BCUT2D eigenvalue weighted by molar-refractivity contribution is 5.96. The second-order valence-electron chi connectivity index (χ2n) is 6.96. The Balaban J connectivity index is 1.81. The van der Waals surface area contributed by atoms with Crippen LogP contribution in [-0.4, -0.2) is 43.3 Å². The van der Waals surface area contributed by atoms with Crippen LogP contribution in [0.5, 0.6) is 5.75 Å². The van der Waals surface area contributed by atoms with Crippen molar-refractivity contribution in [2.24, 2.45) is 0 Å². The average Bonchev–Trinajstić information content (AvgIpc) is 2.77. The van der Waals surface area contributed by atoms with Crippen molar-refractivity contribution in [1.82, 2.24) is 10.2 Å². The summed E-state index contributed by atoms with van der Waals surface area (Å²) in [4.78, 5) is 26.9. The molecule has 2 aromatic rings. The Morgan fingerprint density at radius 2 is 1.62 bits per heavy atom. The van der Waals surface area contributed by atoms with E-state index in [0.717, 1.165) is 18.8 Å². The highest BCUT2D eigenvalue weighted by atomic mass is 16.5. The number of Topliss-reactive ketones (excluding diaryl/α,β-unsaturated/α-hetero) is 1. The molecular formula is C24H32N2O3. The molecule has 0 heterocycles. The Hall–Kier alpha value is -2.66. The molecule has 0 saturated heterocycles. The molecule has 2 aromatic carbocycles. The van der Waals surface area contributed by atoms with Gasteiger partial charge in [-0.2, -0.15) is 0 Å². The first kappa shape index (κ1) is 22.6. The standard InChI is InChI=1S/C24H32N2O3/c1-4-26(5-2)22(19-10-7-6-8-11-19)18-25-24(28)13-9-12-23(27)20-14-16-21(29-3)17-15-20/h6-8,10-11,14-17,22H,4-5,9,12-13,18H2,1-3H3,(H,25,28). The van der Waals surface area contributed by atoms with Gasteiger partial charge in [0.1, 0.15) is 5.75 Å². The van der Waals surface area contributed by atoms with Gasteiger partial charge in [0.2, 0.25) is 5.91 Å². The van der Waals surface area contributed by atoms with Crippen molar-refractivity contribution in [3.63, 3.8) is 0 Å². The van der Waals surface area contributed by atoms with Gasteiger partial charge in [0.25, 0.3) is 0 Å². The third kappa shape index (κ3) is 7.02. The molecule has 5 nitrogen and oxygen atoms in total. The lowest BCUT2D eigenvalue weighted by Gasteiger charge is -2.30. The fraction of sp³-hybridized carbons (Fsp3) is 0.417. The molecule has 0 saturated carbocycles. The number of benzene rings is 2. The zero-order valence-corrected chi connectivity index (χ0v) is 17.7. The third-order valence-electron chi connectivity index (χ3n) is 5.15. The fourth-order valence-electron chi connectivity index (χ4n) is 3.43. The number of carbonyl (C=O) groups excluding carboxylic acids is 2. The van der Waals surface area contributed by atoms with E-state index < -0.39 is 0 Å². The summed E-state index contributed by atoms with van der Waals surface area (Å²) in [5.74, 6) is 0.758. The average molecular weight is 397 g/mol.